The molecule has 1 atom stereocenters. The SMILES string of the molecule is CCN1CCCC1CN(C)c1cccc(C#N)n1. The molecule has 2 heterocycles. The van der Waals surface area contributed by atoms with Crippen molar-refractivity contribution in [3.05, 3.63) is 23.9 Å². The summed E-state index contributed by atoms with van der Waals surface area (Å²) < 4.78 is 0. The van der Waals surface area contributed by atoms with Crippen LogP contribution in [0.3, 0.4) is 0 Å². The summed E-state index contributed by atoms with van der Waals surface area (Å²) in [6.45, 7) is 5.52. The van der Waals surface area contributed by atoms with Crippen LogP contribution in [0.4, 0.5) is 5.82 Å². The summed E-state index contributed by atoms with van der Waals surface area (Å²) in [5, 5.41) is 8.87. The number of nitriles is 1. The van der Waals surface area contributed by atoms with E-state index < -0.39 is 0 Å². The molecule has 1 aromatic rings. The largest absolute Gasteiger partial charge is 0.358 e. The van der Waals surface area contributed by atoms with Crippen LogP contribution >= 0.6 is 0 Å². The number of pyridine rings is 1. The fraction of sp³-hybridized carbons (Fsp3) is 0.571. The zero-order chi connectivity index (χ0) is 13.0. The van der Waals surface area contributed by atoms with Crippen molar-refractivity contribution in [2.24, 2.45) is 0 Å². The molecule has 0 saturated carbocycles. The van der Waals surface area contributed by atoms with E-state index in [2.05, 4.69) is 34.8 Å². The molecular formula is C14H20N4. The molecule has 1 aliphatic heterocycles. The highest BCUT2D eigenvalue weighted by Crippen LogP contribution is 2.19. The third-order valence-electron chi connectivity index (χ3n) is 3.63. The van der Waals surface area contributed by atoms with Crippen LogP contribution in [0.1, 0.15) is 25.5 Å². The van der Waals surface area contributed by atoms with Gasteiger partial charge in [0.2, 0.25) is 0 Å². The van der Waals surface area contributed by atoms with Crippen LogP contribution in [0, 0.1) is 11.3 Å². The maximum Gasteiger partial charge on any atom is 0.142 e. The van der Waals surface area contributed by atoms with Gasteiger partial charge in [0.05, 0.1) is 0 Å². The van der Waals surface area contributed by atoms with Gasteiger partial charge in [0.1, 0.15) is 17.6 Å². The van der Waals surface area contributed by atoms with E-state index in [-0.39, 0.29) is 0 Å². The molecule has 0 spiro atoms. The Morgan fingerprint density at radius 1 is 1.56 bits per heavy atom. The molecule has 1 fully saturated rings. The fourth-order valence-corrected chi connectivity index (χ4v) is 2.63. The molecule has 4 nitrogen and oxygen atoms in total. The summed E-state index contributed by atoms with van der Waals surface area (Å²) in [5.41, 5.74) is 0.484. The Hall–Kier alpha value is -1.60. The van der Waals surface area contributed by atoms with Crippen molar-refractivity contribution < 1.29 is 0 Å². The minimum absolute atomic E-state index is 0.484. The predicted octanol–water partition coefficient (Wildman–Crippen LogP) is 1.87. The number of hydrogen-bond donors (Lipinski definition) is 0. The molecule has 96 valence electrons. The van der Waals surface area contributed by atoms with Gasteiger partial charge in [-0.25, -0.2) is 4.98 Å². The second kappa shape index (κ2) is 5.83. The molecule has 0 amide bonds. The molecule has 1 aromatic heterocycles. The summed E-state index contributed by atoms with van der Waals surface area (Å²) in [5.74, 6) is 0.886. The Kier molecular flexibility index (Phi) is 4.16. The Labute approximate surface area is 109 Å². The van der Waals surface area contributed by atoms with E-state index in [0.29, 0.717) is 11.7 Å². The second-order valence-corrected chi connectivity index (χ2v) is 4.80. The average Bonchev–Trinajstić information content (AvgIpc) is 2.86. The van der Waals surface area contributed by atoms with E-state index in [9.17, 15) is 0 Å². The van der Waals surface area contributed by atoms with Crippen molar-refractivity contribution >= 4 is 5.82 Å². The summed E-state index contributed by atoms with van der Waals surface area (Å²) in [6, 6.07) is 8.30. The zero-order valence-corrected chi connectivity index (χ0v) is 11.1. The van der Waals surface area contributed by atoms with Crippen molar-refractivity contribution in [2.45, 2.75) is 25.8 Å². The van der Waals surface area contributed by atoms with Crippen LogP contribution in [0.2, 0.25) is 0 Å². The molecule has 0 aromatic carbocycles. The van der Waals surface area contributed by atoms with Crippen LogP contribution in [0.25, 0.3) is 0 Å². The van der Waals surface area contributed by atoms with Crippen molar-refractivity contribution in [3.8, 4) is 6.07 Å². The van der Waals surface area contributed by atoms with Gasteiger partial charge in [0.25, 0.3) is 0 Å². The maximum absolute atomic E-state index is 8.87. The lowest BCUT2D eigenvalue weighted by molar-refractivity contribution is 0.270. The van der Waals surface area contributed by atoms with Gasteiger partial charge in [-0.05, 0) is 38.1 Å². The first-order chi connectivity index (χ1) is 8.74. The van der Waals surface area contributed by atoms with Gasteiger partial charge < -0.3 is 4.90 Å². The van der Waals surface area contributed by atoms with Gasteiger partial charge in [-0.3, -0.25) is 4.90 Å². The number of likely N-dealkylation sites (tertiary alicyclic amines) is 1. The Balaban J connectivity index is 2.03. The van der Waals surface area contributed by atoms with Gasteiger partial charge in [-0.2, -0.15) is 5.26 Å². The fourth-order valence-electron chi connectivity index (χ4n) is 2.63. The van der Waals surface area contributed by atoms with Crippen molar-refractivity contribution in [2.75, 3.05) is 31.6 Å². The summed E-state index contributed by atoms with van der Waals surface area (Å²) in [7, 11) is 2.05. The molecule has 2 rings (SSSR count). The zero-order valence-electron chi connectivity index (χ0n) is 11.1. The minimum Gasteiger partial charge on any atom is -0.358 e. The lowest BCUT2D eigenvalue weighted by atomic mass is 10.2. The number of rotatable bonds is 4. The van der Waals surface area contributed by atoms with E-state index in [1.807, 2.05) is 12.1 Å². The Morgan fingerprint density at radius 2 is 2.39 bits per heavy atom. The molecule has 0 radical (unpaired) electrons. The summed E-state index contributed by atoms with van der Waals surface area (Å²) in [4.78, 5) is 9.00. The van der Waals surface area contributed by atoms with Gasteiger partial charge in [0.15, 0.2) is 0 Å². The minimum atomic E-state index is 0.484. The predicted molar refractivity (Wildman–Crippen MR) is 72.5 cm³/mol. The van der Waals surface area contributed by atoms with Crippen molar-refractivity contribution in [1.82, 2.24) is 9.88 Å². The highest BCUT2D eigenvalue weighted by Gasteiger charge is 2.24. The number of hydrogen-bond acceptors (Lipinski definition) is 4. The smallest absolute Gasteiger partial charge is 0.142 e. The van der Waals surface area contributed by atoms with Gasteiger partial charge in [-0.15, -0.1) is 0 Å². The first kappa shape index (κ1) is 12.8. The van der Waals surface area contributed by atoms with E-state index in [1.165, 1.54) is 19.4 Å². The normalized spacial score (nSPS) is 19.7. The number of nitrogens with zero attached hydrogens (tertiary/aromatic N) is 4. The highest BCUT2D eigenvalue weighted by molar-refractivity contribution is 5.40. The van der Waals surface area contributed by atoms with Crippen LogP contribution in [0.5, 0.6) is 0 Å². The molecule has 18 heavy (non-hydrogen) atoms. The lowest BCUT2D eigenvalue weighted by Gasteiger charge is -2.28. The number of anilines is 1. The summed E-state index contributed by atoms with van der Waals surface area (Å²) >= 11 is 0. The molecule has 4 heteroatoms. The maximum atomic E-state index is 8.87. The first-order valence-corrected chi connectivity index (χ1v) is 6.57. The molecule has 1 saturated heterocycles. The number of aromatic nitrogens is 1. The first-order valence-electron chi connectivity index (χ1n) is 6.57. The van der Waals surface area contributed by atoms with Crippen LogP contribution in [-0.4, -0.2) is 42.6 Å². The molecule has 1 aliphatic rings. The third kappa shape index (κ3) is 2.80. The van der Waals surface area contributed by atoms with Gasteiger partial charge in [-0.1, -0.05) is 13.0 Å². The van der Waals surface area contributed by atoms with Gasteiger partial charge in [0, 0.05) is 19.6 Å². The van der Waals surface area contributed by atoms with Crippen molar-refractivity contribution in [3.63, 3.8) is 0 Å². The number of likely N-dealkylation sites (N-methyl/N-ethyl adjacent to an activating group) is 2. The van der Waals surface area contributed by atoms with Crippen LogP contribution in [-0.2, 0) is 0 Å². The average molecular weight is 244 g/mol. The van der Waals surface area contributed by atoms with Crippen molar-refractivity contribution in [1.29, 1.82) is 5.26 Å². The molecule has 0 N–H and O–H groups in total. The van der Waals surface area contributed by atoms with Gasteiger partial charge >= 0.3 is 0 Å². The topological polar surface area (TPSA) is 43.2 Å². The molecular weight excluding hydrogens is 224 g/mol. The standard InChI is InChI=1S/C14H20N4/c1-3-18-9-5-7-13(18)11-17(2)14-8-4-6-12(10-15)16-14/h4,6,8,13H,3,5,7,9,11H2,1-2H3. The monoisotopic (exact) mass is 244 g/mol. The molecule has 0 bridgehead atoms. The van der Waals surface area contributed by atoms with E-state index in [4.69, 9.17) is 5.26 Å². The van der Waals surface area contributed by atoms with E-state index >= 15 is 0 Å². The van der Waals surface area contributed by atoms with E-state index in [0.717, 1.165) is 18.9 Å². The Bertz CT molecular complexity index is 438. The third-order valence-corrected chi connectivity index (χ3v) is 3.63. The van der Waals surface area contributed by atoms with E-state index in [1.54, 1.807) is 6.07 Å². The molecule has 1 unspecified atom stereocenters. The van der Waals surface area contributed by atoms with Crippen LogP contribution < -0.4 is 4.90 Å². The second-order valence-electron chi connectivity index (χ2n) is 4.80. The summed E-state index contributed by atoms with van der Waals surface area (Å²) in [6.07, 6.45) is 2.55. The quantitative estimate of drug-likeness (QED) is 0.811. The van der Waals surface area contributed by atoms with Crippen LogP contribution in [0.15, 0.2) is 18.2 Å². The lowest BCUT2D eigenvalue weighted by Crippen LogP contribution is -2.39. The Morgan fingerprint density at radius 3 is 3.11 bits per heavy atom. The highest BCUT2D eigenvalue weighted by atomic mass is 15.2. The molecule has 0 aliphatic carbocycles.